The Morgan fingerprint density at radius 3 is 2.69 bits per heavy atom. The number of nitrogens with two attached hydrogens (primary N) is 1. The highest BCUT2D eigenvalue weighted by molar-refractivity contribution is 5.39. The predicted molar refractivity (Wildman–Crippen MR) is 46.2 cm³/mol. The second kappa shape index (κ2) is 2.54. The monoisotopic (exact) mass is 176 g/mol. The summed E-state index contributed by atoms with van der Waals surface area (Å²) >= 11 is 0. The van der Waals surface area contributed by atoms with Gasteiger partial charge in [0.05, 0.1) is 5.56 Å². The summed E-state index contributed by atoms with van der Waals surface area (Å²) in [4.78, 5) is 0. The molecule has 0 amide bonds. The lowest BCUT2D eigenvalue weighted by molar-refractivity contribution is 0.620. The van der Waals surface area contributed by atoms with Crippen molar-refractivity contribution in [3.8, 4) is 6.07 Å². The summed E-state index contributed by atoms with van der Waals surface area (Å²) in [7, 11) is 0. The Labute approximate surface area is 75.8 Å². The molecule has 0 spiro atoms. The van der Waals surface area contributed by atoms with E-state index in [-0.39, 0.29) is 11.1 Å². The first-order valence-electron chi connectivity index (χ1n) is 4.15. The maximum absolute atomic E-state index is 12.9. The van der Waals surface area contributed by atoms with Gasteiger partial charge in [0.1, 0.15) is 11.9 Å². The molecule has 13 heavy (non-hydrogen) atoms. The quantitative estimate of drug-likeness (QED) is 0.707. The first-order valence-corrected chi connectivity index (χ1v) is 4.15. The molecule has 0 unspecified atom stereocenters. The van der Waals surface area contributed by atoms with Gasteiger partial charge in [0.15, 0.2) is 0 Å². The highest BCUT2D eigenvalue weighted by atomic mass is 19.1. The van der Waals surface area contributed by atoms with Gasteiger partial charge in [0, 0.05) is 5.54 Å². The molecule has 0 aliphatic heterocycles. The topological polar surface area (TPSA) is 49.8 Å². The summed E-state index contributed by atoms with van der Waals surface area (Å²) in [6, 6.07) is 6.31. The molecule has 0 saturated heterocycles. The first kappa shape index (κ1) is 8.21. The van der Waals surface area contributed by atoms with Gasteiger partial charge in [-0.2, -0.15) is 5.26 Å². The van der Waals surface area contributed by atoms with Crippen molar-refractivity contribution in [3.63, 3.8) is 0 Å². The number of benzene rings is 1. The molecule has 1 aliphatic carbocycles. The SMILES string of the molecule is N#Cc1cc(C2(N)CC2)ccc1F. The summed E-state index contributed by atoms with van der Waals surface area (Å²) in [5.74, 6) is -0.476. The molecule has 1 fully saturated rings. The van der Waals surface area contributed by atoms with Gasteiger partial charge in [0.25, 0.3) is 0 Å². The minimum atomic E-state index is -0.476. The van der Waals surface area contributed by atoms with Crippen LogP contribution in [0.2, 0.25) is 0 Å². The third-order valence-electron chi connectivity index (χ3n) is 2.45. The third-order valence-corrected chi connectivity index (χ3v) is 2.45. The lowest BCUT2D eigenvalue weighted by atomic mass is 10.0. The fourth-order valence-corrected chi connectivity index (χ4v) is 1.34. The van der Waals surface area contributed by atoms with E-state index < -0.39 is 5.82 Å². The molecule has 1 aromatic carbocycles. The summed E-state index contributed by atoms with van der Waals surface area (Å²) < 4.78 is 12.9. The van der Waals surface area contributed by atoms with Crippen LogP contribution in [0.3, 0.4) is 0 Å². The zero-order chi connectivity index (χ0) is 9.47. The summed E-state index contributed by atoms with van der Waals surface area (Å²) in [5.41, 5.74) is 6.56. The van der Waals surface area contributed by atoms with E-state index in [0.717, 1.165) is 18.4 Å². The smallest absolute Gasteiger partial charge is 0.140 e. The molecular weight excluding hydrogens is 167 g/mol. The van der Waals surface area contributed by atoms with Crippen molar-refractivity contribution in [1.29, 1.82) is 5.26 Å². The lowest BCUT2D eigenvalue weighted by Crippen LogP contribution is -2.18. The molecule has 2 N–H and O–H groups in total. The zero-order valence-corrected chi connectivity index (χ0v) is 7.05. The molecule has 1 aromatic rings. The molecule has 0 bridgehead atoms. The minimum Gasteiger partial charge on any atom is -0.321 e. The van der Waals surface area contributed by atoms with E-state index in [1.807, 2.05) is 0 Å². The fraction of sp³-hybridized carbons (Fsp3) is 0.300. The summed E-state index contributed by atoms with van der Waals surface area (Å²) in [6.07, 6.45) is 1.84. The average molecular weight is 176 g/mol. The van der Waals surface area contributed by atoms with Crippen LogP contribution in [0, 0.1) is 17.1 Å². The number of nitrogens with zero attached hydrogens (tertiary/aromatic N) is 1. The van der Waals surface area contributed by atoms with Crippen molar-refractivity contribution in [2.75, 3.05) is 0 Å². The Morgan fingerprint density at radius 1 is 1.46 bits per heavy atom. The summed E-state index contributed by atoms with van der Waals surface area (Å²) in [6.45, 7) is 0. The van der Waals surface area contributed by atoms with Crippen molar-refractivity contribution < 1.29 is 4.39 Å². The molecule has 0 heterocycles. The Morgan fingerprint density at radius 2 is 2.15 bits per heavy atom. The van der Waals surface area contributed by atoms with Gasteiger partial charge in [-0.15, -0.1) is 0 Å². The number of hydrogen-bond acceptors (Lipinski definition) is 2. The molecule has 0 atom stereocenters. The Kier molecular flexibility index (Phi) is 1.61. The predicted octanol–water partition coefficient (Wildman–Crippen LogP) is 1.65. The molecule has 0 aromatic heterocycles. The van der Waals surface area contributed by atoms with Gasteiger partial charge in [-0.3, -0.25) is 0 Å². The van der Waals surface area contributed by atoms with E-state index in [4.69, 9.17) is 11.0 Å². The van der Waals surface area contributed by atoms with Crippen molar-refractivity contribution in [1.82, 2.24) is 0 Å². The Balaban J connectivity index is 2.46. The van der Waals surface area contributed by atoms with Crippen LogP contribution in [-0.2, 0) is 5.54 Å². The molecule has 66 valence electrons. The molecule has 0 radical (unpaired) electrons. The van der Waals surface area contributed by atoms with Crippen LogP contribution in [0.15, 0.2) is 18.2 Å². The van der Waals surface area contributed by atoms with Gasteiger partial charge < -0.3 is 5.73 Å². The lowest BCUT2D eigenvalue weighted by Gasteiger charge is -2.08. The first-order chi connectivity index (χ1) is 6.15. The van der Waals surface area contributed by atoms with E-state index in [1.54, 1.807) is 18.2 Å². The minimum absolute atomic E-state index is 0.0780. The zero-order valence-electron chi connectivity index (χ0n) is 7.05. The van der Waals surface area contributed by atoms with E-state index in [9.17, 15) is 4.39 Å². The van der Waals surface area contributed by atoms with Crippen LogP contribution in [0.1, 0.15) is 24.0 Å². The average Bonchev–Trinajstić information content (AvgIpc) is 2.86. The van der Waals surface area contributed by atoms with Gasteiger partial charge in [0.2, 0.25) is 0 Å². The number of rotatable bonds is 1. The van der Waals surface area contributed by atoms with Crippen molar-refractivity contribution >= 4 is 0 Å². The number of nitriles is 1. The maximum Gasteiger partial charge on any atom is 0.140 e. The van der Waals surface area contributed by atoms with Crippen LogP contribution in [0.5, 0.6) is 0 Å². The van der Waals surface area contributed by atoms with E-state index in [2.05, 4.69) is 0 Å². The normalized spacial score (nSPS) is 17.9. The van der Waals surface area contributed by atoms with Gasteiger partial charge in [-0.1, -0.05) is 6.07 Å². The standard InChI is InChI=1S/C10H9FN2/c11-9-2-1-8(5-7(9)6-12)10(13)3-4-10/h1-2,5H,3-4,13H2. The molecular formula is C10H9FN2. The second-order valence-electron chi connectivity index (χ2n) is 3.46. The largest absolute Gasteiger partial charge is 0.321 e. The van der Waals surface area contributed by atoms with E-state index in [1.165, 1.54) is 6.07 Å². The van der Waals surface area contributed by atoms with Crippen molar-refractivity contribution in [2.24, 2.45) is 5.73 Å². The van der Waals surface area contributed by atoms with Gasteiger partial charge >= 0.3 is 0 Å². The fourth-order valence-electron chi connectivity index (χ4n) is 1.34. The van der Waals surface area contributed by atoms with Gasteiger partial charge in [-0.05, 0) is 30.5 Å². The number of hydrogen-bond donors (Lipinski definition) is 1. The second-order valence-corrected chi connectivity index (χ2v) is 3.46. The van der Waals surface area contributed by atoms with Crippen molar-refractivity contribution in [3.05, 3.63) is 35.1 Å². The molecule has 2 nitrogen and oxygen atoms in total. The van der Waals surface area contributed by atoms with E-state index in [0.29, 0.717) is 0 Å². The Hall–Kier alpha value is -1.40. The van der Waals surface area contributed by atoms with Crippen LogP contribution >= 0.6 is 0 Å². The summed E-state index contributed by atoms with van der Waals surface area (Å²) in [5, 5.41) is 8.60. The van der Waals surface area contributed by atoms with E-state index >= 15 is 0 Å². The third kappa shape index (κ3) is 1.30. The van der Waals surface area contributed by atoms with Crippen LogP contribution in [0.25, 0.3) is 0 Å². The highest BCUT2D eigenvalue weighted by Crippen LogP contribution is 2.42. The highest BCUT2D eigenvalue weighted by Gasteiger charge is 2.40. The molecule has 1 aliphatic rings. The van der Waals surface area contributed by atoms with Gasteiger partial charge in [-0.25, -0.2) is 4.39 Å². The van der Waals surface area contributed by atoms with Crippen LogP contribution in [-0.4, -0.2) is 0 Å². The van der Waals surface area contributed by atoms with Crippen LogP contribution in [0.4, 0.5) is 4.39 Å². The molecule has 2 rings (SSSR count). The maximum atomic E-state index is 12.9. The molecule has 1 saturated carbocycles. The number of halogens is 1. The molecule has 3 heteroatoms. The van der Waals surface area contributed by atoms with Crippen LogP contribution < -0.4 is 5.73 Å². The Bertz CT molecular complexity index is 388. The van der Waals surface area contributed by atoms with Crippen molar-refractivity contribution in [2.45, 2.75) is 18.4 Å².